The van der Waals surface area contributed by atoms with Crippen molar-refractivity contribution in [2.45, 2.75) is 40.0 Å². The molecule has 1 heterocycles. The van der Waals surface area contributed by atoms with Gasteiger partial charge in [-0.2, -0.15) is 0 Å². The van der Waals surface area contributed by atoms with E-state index in [1.807, 2.05) is 23.6 Å². The van der Waals surface area contributed by atoms with Crippen molar-refractivity contribution in [3.8, 4) is 0 Å². The van der Waals surface area contributed by atoms with Gasteiger partial charge in [0.15, 0.2) is 0 Å². The van der Waals surface area contributed by atoms with Gasteiger partial charge in [-0.3, -0.25) is 9.59 Å². The van der Waals surface area contributed by atoms with Crippen LogP contribution in [0.3, 0.4) is 0 Å². The van der Waals surface area contributed by atoms with E-state index in [-0.39, 0.29) is 23.7 Å². The molecule has 1 saturated heterocycles. The quantitative estimate of drug-likeness (QED) is 0.733. The summed E-state index contributed by atoms with van der Waals surface area (Å²) in [5, 5.41) is 0. The van der Waals surface area contributed by atoms with Gasteiger partial charge in [-0.1, -0.05) is 32.9 Å². The molecule has 21 heavy (non-hydrogen) atoms. The molecule has 0 unspecified atom stereocenters. The van der Waals surface area contributed by atoms with Crippen LogP contribution >= 0.6 is 0 Å². The summed E-state index contributed by atoms with van der Waals surface area (Å²) in [4.78, 5) is 28.7. The molecule has 0 saturated carbocycles. The molecule has 1 fully saturated rings. The van der Waals surface area contributed by atoms with Crippen LogP contribution in [0, 0.1) is 17.8 Å². The van der Waals surface area contributed by atoms with E-state index in [0.29, 0.717) is 19.0 Å². The average molecular weight is 292 g/mol. The third kappa shape index (κ3) is 3.86. The summed E-state index contributed by atoms with van der Waals surface area (Å²) < 4.78 is 0. The molecule has 0 aromatic heterocycles. The SMILES string of the molecule is CC(C)C(=O)N1CCCN(C(=O)[C@@H]2CC=CC[C@H]2C)CC1. The highest BCUT2D eigenvalue weighted by atomic mass is 16.2. The van der Waals surface area contributed by atoms with E-state index in [4.69, 9.17) is 0 Å². The first-order chi connectivity index (χ1) is 10.0. The highest BCUT2D eigenvalue weighted by molar-refractivity contribution is 5.80. The van der Waals surface area contributed by atoms with Crippen LogP contribution in [-0.4, -0.2) is 47.8 Å². The Morgan fingerprint density at radius 2 is 1.62 bits per heavy atom. The van der Waals surface area contributed by atoms with Crippen molar-refractivity contribution in [3.05, 3.63) is 12.2 Å². The minimum atomic E-state index is 0.0377. The van der Waals surface area contributed by atoms with Crippen LogP contribution < -0.4 is 0 Å². The monoisotopic (exact) mass is 292 g/mol. The molecule has 4 heteroatoms. The number of carbonyl (C=O) groups excluding carboxylic acids is 2. The van der Waals surface area contributed by atoms with Crippen LogP contribution in [0.15, 0.2) is 12.2 Å². The number of nitrogens with zero attached hydrogens (tertiary/aromatic N) is 2. The molecule has 0 N–H and O–H groups in total. The lowest BCUT2D eigenvalue weighted by Crippen LogP contribution is -2.42. The van der Waals surface area contributed by atoms with Crippen LogP contribution in [0.4, 0.5) is 0 Å². The third-order valence-corrected chi connectivity index (χ3v) is 4.68. The van der Waals surface area contributed by atoms with E-state index >= 15 is 0 Å². The first kappa shape index (κ1) is 16.1. The Kier molecular flexibility index (Phi) is 5.43. The Bertz CT molecular complexity index is 417. The maximum absolute atomic E-state index is 12.7. The van der Waals surface area contributed by atoms with Crippen LogP contribution in [-0.2, 0) is 9.59 Å². The lowest BCUT2D eigenvalue weighted by Gasteiger charge is -2.30. The van der Waals surface area contributed by atoms with E-state index < -0.39 is 0 Å². The van der Waals surface area contributed by atoms with Crippen LogP contribution in [0.5, 0.6) is 0 Å². The van der Waals surface area contributed by atoms with Crippen LogP contribution in [0.25, 0.3) is 0 Å². The van der Waals surface area contributed by atoms with Gasteiger partial charge in [0.05, 0.1) is 0 Å². The van der Waals surface area contributed by atoms with Gasteiger partial charge in [-0.25, -0.2) is 0 Å². The van der Waals surface area contributed by atoms with Crippen molar-refractivity contribution in [2.75, 3.05) is 26.2 Å². The van der Waals surface area contributed by atoms with E-state index in [1.54, 1.807) is 0 Å². The van der Waals surface area contributed by atoms with Crippen molar-refractivity contribution >= 4 is 11.8 Å². The standard InChI is InChI=1S/C17H28N2O2/c1-13(2)16(20)18-9-6-10-19(12-11-18)17(21)15-8-5-4-7-14(15)3/h4-5,13-15H,6-12H2,1-3H3/t14-,15-/m1/s1. The second kappa shape index (κ2) is 7.10. The number of amides is 2. The fourth-order valence-corrected chi connectivity index (χ4v) is 3.25. The molecule has 0 spiro atoms. The third-order valence-electron chi connectivity index (χ3n) is 4.68. The molecule has 2 aliphatic rings. The average Bonchev–Trinajstić information content (AvgIpc) is 2.72. The molecule has 1 aliphatic carbocycles. The van der Waals surface area contributed by atoms with Crippen LogP contribution in [0.2, 0.25) is 0 Å². The molecule has 0 aromatic rings. The number of carbonyl (C=O) groups is 2. The second-order valence-electron chi connectivity index (χ2n) is 6.69. The molecule has 2 amide bonds. The fourth-order valence-electron chi connectivity index (χ4n) is 3.25. The lowest BCUT2D eigenvalue weighted by molar-refractivity contribution is -0.138. The fraction of sp³-hybridized carbons (Fsp3) is 0.765. The summed E-state index contributed by atoms with van der Waals surface area (Å²) >= 11 is 0. The van der Waals surface area contributed by atoms with Gasteiger partial charge in [0.1, 0.15) is 0 Å². The van der Waals surface area contributed by atoms with Gasteiger partial charge in [0.25, 0.3) is 0 Å². The summed E-state index contributed by atoms with van der Waals surface area (Å²) in [6.07, 6.45) is 7.07. The van der Waals surface area contributed by atoms with E-state index in [0.717, 1.165) is 32.4 Å². The summed E-state index contributed by atoms with van der Waals surface area (Å²) in [7, 11) is 0. The normalized spacial score (nSPS) is 26.9. The first-order valence-corrected chi connectivity index (χ1v) is 8.23. The zero-order valence-electron chi connectivity index (χ0n) is 13.5. The zero-order valence-corrected chi connectivity index (χ0v) is 13.5. The molecule has 118 valence electrons. The first-order valence-electron chi connectivity index (χ1n) is 8.23. The Morgan fingerprint density at radius 3 is 2.29 bits per heavy atom. The molecule has 2 atom stereocenters. The predicted molar refractivity (Wildman–Crippen MR) is 83.6 cm³/mol. The molecule has 4 nitrogen and oxygen atoms in total. The van der Waals surface area contributed by atoms with E-state index in [9.17, 15) is 9.59 Å². The molecule has 0 radical (unpaired) electrons. The van der Waals surface area contributed by atoms with Crippen molar-refractivity contribution in [3.63, 3.8) is 0 Å². The Labute approximate surface area is 128 Å². The highest BCUT2D eigenvalue weighted by Crippen LogP contribution is 2.27. The highest BCUT2D eigenvalue weighted by Gasteiger charge is 2.31. The molecular formula is C17H28N2O2. The van der Waals surface area contributed by atoms with E-state index in [2.05, 4.69) is 19.1 Å². The maximum Gasteiger partial charge on any atom is 0.226 e. The topological polar surface area (TPSA) is 40.6 Å². The van der Waals surface area contributed by atoms with Gasteiger partial charge >= 0.3 is 0 Å². The Morgan fingerprint density at radius 1 is 1.00 bits per heavy atom. The maximum atomic E-state index is 12.7. The van der Waals surface area contributed by atoms with Crippen molar-refractivity contribution in [1.82, 2.24) is 9.80 Å². The van der Waals surface area contributed by atoms with Crippen molar-refractivity contribution in [1.29, 1.82) is 0 Å². The van der Waals surface area contributed by atoms with Gasteiger partial charge in [-0.05, 0) is 25.2 Å². The molecule has 0 bridgehead atoms. The summed E-state index contributed by atoms with van der Waals surface area (Å²) in [6.45, 7) is 8.97. The number of hydrogen-bond donors (Lipinski definition) is 0. The summed E-state index contributed by atoms with van der Waals surface area (Å²) in [5.74, 6) is 1.08. The summed E-state index contributed by atoms with van der Waals surface area (Å²) in [5.41, 5.74) is 0. The van der Waals surface area contributed by atoms with Gasteiger partial charge in [-0.15, -0.1) is 0 Å². The second-order valence-corrected chi connectivity index (χ2v) is 6.69. The van der Waals surface area contributed by atoms with Gasteiger partial charge in [0.2, 0.25) is 11.8 Å². The minimum absolute atomic E-state index is 0.0377. The Balaban J connectivity index is 1.95. The lowest BCUT2D eigenvalue weighted by atomic mass is 9.83. The molecular weight excluding hydrogens is 264 g/mol. The predicted octanol–water partition coefficient (Wildman–Crippen LogP) is 2.31. The van der Waals surface area contributed by atoms with Gasteiger partial charge in [0, 0.05) is 38.0 Å². The number of hydrogen-bond acceptors (Lipinski definition) is 2. The number of rotatable bonds is 2. The number of allylic oxidation sites excluding steroid dienone is 2. The van der Waals surface area contributed by atoms with Crippen molar-refractivity contribution in [2.24, 2.45) is 17.8 Å². The van der Waals surface area contributed by atoms with Gasteiger partial charge < -0.3 is 9.80 Å². The molecule has 2 rings (SSSR count). The Hall–Kier alpha value is -1.32. The zero-order chi connectivity index (χ0) is 15.4. The smallest absolute Gasteiger partial charge is 0.226 e. The summed E-state index contributed by atoms with van der Waals surface area (Å²) in [6, 6.07) is 0. The molecule has 0 aromatic carbocycles. The molecule has 1 aliphatic heterocycles. The van der Waals surface area contributed by atoms with E-state index in [1.165, 1.54) is 0 Å². The largest absolute Gasteiger partial charge is 0.341 e. The van der Waals surface area contributed by atoms with Crippen molar-refractivity contribution < 1.29 is 9.59 Å². The minimum Gasteiger partial charge on any atom is -0.341 e. The van der Waals surface area contributed by atoms with Crippen LogP contribution in [0.1, 0.15) is 40.0 Å².